The zero-order valence-corrected chi connectivity index (χ0v) is 8.57. The molecule has 0 spiro atoms. The van der Waals surface area contributed by atoms with Crippen LogP contribution in [-0.2, 0) is 0 Å². The van der Waals surface area contributed by atoms with Crippen molar-refractivity contribution < 1.29 is 5.11 Å². The molecule has 0 aliphatic carbocycles. The molecule has 0 bridgehead atoms. The Balaban J connectivity index is 2.34. The van der Waals surface area contributed by atoms with E-state index in [1.807, 2.05) is 36.5 Å². The number of aromatic hydroxyl groups is 1. The van der Waals surface area contributed by atoms with E-state index in [1.54, 1.807) is 12.1 Å². The average molecular weight is 208 g/mol. The van der Waals surface area contributed by atoms with Crippen LogP contribution in [-0.4, -0.2) is 10.1 Å². The molecule has 0 saturated carbocycles. The Hall–Kier alpha value is -2.22. The van der Waals surface area contributed by atoms with E-state index in [1.165, 1.54) is 0 Å². The Morgan fingerprint density at radius 3 is 2.88 bits per heavy atom. The summed E-state index contributed by atoms with van der Waals surface area (Å²) in [5.41, 5.74) is 2.88. The van der Waals surface area contributed by atoms with E-state index in [9.17, 15) is 5.11 Å². The highest BCUT2D eigenvalue weighted by molar-refractivity contribution is 5.95. The number of hydrogen-bond donors (Lipinski definition) is 2. The average Bonchev–Trinajstić information content (AvgIpc) is 2.77. The van der Waals surface area contributed by atoms with Gasteiger partial charge in [-0.05, 0) is 29.7 Å². The fraction of sp³-hybridized carbons (Fsp3) is 0. The SMILES string of the molecule is Oc1c[c]ccc1-c1cccc2cc[nH]c12. The summed E-state index contributed by atoms with van der Waals surface area (Å²) < 4.78 is 0. The van der Waals surface area contributed by atoms with Crippen molar-refractivity contribution in [2.45, 2.75) is 0 Å². The predicted molar refractivity (Wildman–Crippen MR) is 64.2 cm³/mol. The van der Waals surface area contributed by atoms with Gasteiger partial charge >= 0.3 is 0 Å². The van der Waals surface area contributed by atoms with Gasteiger partial charge in [0.05, 0.1) is 5.52 Å². The van der Waals surface area contributed by atoms with Crippen molar-refractivity contribution in [2.24, 2.45) is 0 Å². The maximum absolute atomic E-state index is 9.82. The van der Waals surface area contributed by atoms with Crippen LogP contribution >= 0.6 is 0 Å². The number of aromatic amines is 1. The maximum Gasteiger partial charge on any atom is 0.124 e. The number of nitrogens with one attached hydrogen (secondary N) is 1. The standard InChI is InChI=1S/C14H10NO/c16-13-7-2-1-5-11(13)12-6-3-4-10-8-9-15-14(10)12/h1,3-9,15-16H. The van der Waals surface area contributed by atoms with Gasteiger partial charge < -0.3 is 10.1 Å². The van der Waals surface area contributed by atoms with Crippen LogP contribution in [0.2, 0.25) is 0 Å². The lowest BCUT2D eigenvalue weighted by Gasteiger charge is -2.05. The molecule has 3 rings (SSSR count). The molecule has 0 amide bonds. The zero-order chi connectivity index (χ0) is 11.0. The topological polar surface area (TPSA) is 36.0 Å². The molecule has 2 heteroatoms. The van der Waals surface area contributed by atoms with Crippen molar-refractivity contribution >= 4 is 10.9 Å². The number of H-pyrrole nitrogens is 1. The van der Waals surface area contributed by atoms with E-state index in [0.29, 0.717) is 0 Å². The largest absolute Gasteiger partial charge is 0.507 e. The molecule has 2 nitrogen and oxygen atoms in total. The van der Waals surface area contributed by atoms with Gasteiger partial charge in [-0.2, -0.15) is 0 Å². The van der Waals surface area contributed by atoms with Crippen molar-refractivity contribution in [3.8, 4) is 16.9 Å². The summed E-state index contributed by atoms with van der Waals surface area (Å²) in [6.45, 7) is 0. The van der Waals surface area contributed by atoms with Crippen molar-refractivity contribution in [2.75, 3.05) is 0 Å². The Bertz CT molecular complexity index is 640. The van der Waals surface area contributed by atoms with Crippen molar-refractivity contribution in [1.29, 1.82) is 0 Å². The van der Waals surface area contributed by atoms with Crippen LogP contribution in [0.15, 0.2) is 48.7 Å². The third-order valence-electron chi connectivity index (χ3n) is 2.72. The Labute approximate surface area is 93.2 Å². The minimum Gasteiger partial charge on any atom is -0.507 e. The van der Waals surface area contributed by atoms with Crippen LogP contribution in [0.3, 0.4) is 0 Å². The smallest absolute Gasteiger partial charge is 0.124 e. The van der Waals surface area contributed by atoms with Crippen LogP contribution in [0.5, 0.6) is 5.75 Å². The first-order valence-electron chi connectivity index (χ1n) is 5.12. The summed E-state index contributed by atoms with van der Waals surface area (Å²) in [5, 5.41) is 11.0. The van der Waals surface area contributed by atoms with Crippen LogP contribution < -0.4 is 0 Å². The number of phenols is 1. The van der Waals surface area contributed by atoms with Gasteiger partial charge in [-0.15, -0.1) is 0 Å². The van der Waals surface area contributed by atoms with Crippen molar-refractivity contribution in [3.63, 3.8) is 0 Å². The number of aromatic nitrogens is 1. The molecule has 1 heterocycles. The Morgan fingerprint density at radius 2 is 2.00 bits per heavy atom. The molecule has 0 atom stereocenters. The second-order valence-electron chi connectivity index (χ2n) is 3.69. The number of benzene rings is 2. The second-order valence-corrected chi connectivity index (χ2v) is 3.69. The van der Waals surface area contributed by atoms with Crippen molar-refractivity contribution in [1.82, 2.24) is 4.98 Å². The second kappa shape index (κ2) is 3.42. The van der Waals surface area contributed by atoms with E-state index in [4.69, 9.17) is 0 Å². The monoisotopic (exact) mass is 208 g/mol. The first kappa shape index (κ1) is 9.04. The van der Waals surface area contributed by atoms with Crippen LogP contribution in [0.4, 0.5) is 0 Å². The number of hydrogen-bond acceptors (Lipinski definition) is 1. The molecular weight excluding hydrogens is 198 g/mol. The van der Waals surface area contributed by atoms with Gasteiger partial charge in [-0.3, -0.25) is 0 Å². The third-order valence-corrected chi connectivity index (χ3v) is 2.72. The molecule has 2 aromatic carbocycles. The van der Waals surface area contributed by atoms with Gasteiger partial charge in [0.25, 0.3) is 0 Å². The van der Waals surface area contributed by atoms with E-state index < -0.39 is 0 Å². The minimum absolute atomic E-state index is 0.254. The van der Waals surface area contributed by atoms with Gasteiger partial charge in [0.15, 0.2) is 0 Å². The highest BCUT2D eigenvalue weighted by Gasteiger charge is 2.07. The van der Waals surface area contributed by atoms with Gasteiger partial charge in [0.1, 0.15) is 5.75 Å². The highest BCUT2D eigenvalue weighted by Crippen LogP contribution is 2.33. The van der Waals surface area contributed by atoms with Crippen LogP contribution in [0.1, 0.15) is 0 Å². The first-order chi connectivity index (χ1) is 7.86. The summed E-state index contributed by atoms with van der Waals surface area (Å²) in [6.07, 6.45) is 1.90. The summed E-state index contributed by atoms with van der Waals surface area (Å²) >= 11 is 0. The summed E-state index contributed by atoms with van der Waals surface area (Å²) in [7, 11) is 0. The maximum atomic E-state index is 9.82. The zero-order valence-electron chi connectivity index (χ0n) is 8.57. The predicted octanol–water partition coefficient (Wildman–Crippen LogP) is 3.34. The third kappa shape index (κ3) is 1.27. The van der Waals surface area contributed by atoms with Gasteiger partial charge in [-0.1, -0.05) is 24.3 Å². The number of fused-ring (bicyclic) bond motifs is 1. The molecule has 0 saturated heterocycles. The van der Waals surface area contributed by atoms with Crippen LogP contribution in [0, 0.1) is 6.07 Å². The Kier molecular flexibility index (Phi) is 1.93. The number of para-hydroxylation sites is 1. The number of rotatable bonds is 1. The molecule has 0 aliphatic rings. The van der Waals surface area contributed by atoms with E-state index in [2.05, 4.69) is 11.1 Å². The summed E-state index contributed by atoms with van der Waals surface area (Å²) in [5.74, 6) is 0.254. The molecule has 2 N–H and O–H groups in total. The fourth-order valence-corrected chi connectivity index (χ4v) is 1.96. The highest BCUT2D eigenvalue weighted by atomic mass is 16.3. The first-order valence-corrected chi connectivity index (χ1v) is 5.12. The lowest BCUT2D eigenvalue weighted by atomic mass is 10.0. The number of phenolic OH excluding ortho intramolecular Hbond substituents is 1. The molecule has 3 aromatic rings. The minimum atomic E-state index is 0.254. The molecule has 77 valence electrons. The van der Waals surface area contributed by atoms with Gasteiger partial charge in [-0.25, -0.2) is 0 Å². The quantitative estimate of drug-likeness (QED) is 0.632. The lowest BCUT2D eigenvalue weighted by molar-refractivity contribution is 0.477. The molecule has 1 aromatic heterocycles. The van der Waals surface area contributed by atoms with E-state index in [-0.39, 0.29) is 5.75 Å². The molecular formula is C14H10NO. The lowest BCUT2D eigenvalue weighted by Crippen LogP contribution is -1.81. The Morgan fingerprint density at radius 1 is 1.06 bits per heavy atom. The normalized spacial score (nSPS) is 10.8. The molecule has 0 unspecified atom stereocenters. The van der Waals surface area contributed by atoms with E-state index in [0.717, 1.165) is 22.0 Å². The summed E-state index contributed by atoms with van der Waals surface area (Å²) in [6, 6.07) is 16.1. The van der Waals surface area contributed by atoms with Gasteiger partial charge in [0.2, 0.25) is 0 Å². The van der Waals surface area contributed by atoms with Crippen molar-refractivity contribution in [3.05, 3.63) is 54.7 Å². The summed E-state index contributed by atoms with van der Waals surface area (Å²) in [4.78, 5) is 3.19. The van der Waals surface area contributed by atoms with E-state index >= 15 is 0 Å². The fourth-order valence-electron chi connectivity index (χ4n) is 1.96. The molecule has 16 heavy (non-hydrogen) atoms. The van der Waals surface area contributed by atoms with Gasteiger partial charge in [0, 0.05) is 17.3 Å². The van der Waals surface area contributed by atoms with Crippen LogP contribution in [0.25, 0.3) is 22.0 Å². The molecule has 1 radical (unpaired) electrons. The molecule has 0 fully saturated rings. The molecule has 0 aliphatic heterocycles.